The van der Waals surface area contributed by atoms with Gasteiger partial charge in [0.1, 0.15) is 12.2 Å². The SMILES string of the molecule is CCOC(=O)Cn1nc(C)c2c(-c3ccn(C)n3)cc(=O)[nH]c21. The van der Waals surface area contributed by atoms with Crippen LogP contribution in [0.1, 0.15) is 12.6 Å². The normalized spacial score (nSPS) is 11.1. The average Bonchev–Trinajstić information content (AvgIpc) is 3.03. The predicted octanol–water partition coefficient (Wildman–Crippen LogP) is 0.997. The first-order valence-corrected chi connectivity index (χ1v) is 7.25. The van der Waals surface area contributed by atoms with Gasteiger partial charge in [-0.15, -0.1) is 0 Å². The van der Waals surface area contributed by atoms with Crippen LogP contribution in [0.4, 0.5) is 0 Å². The summed E-state index contributed by atoms with van der Waals surface area (Å²) in [4.78, 5) is 26.5. The number of esters is 1. The van der Waals surface area contributed by atoms with Gasteiger partial charge in [-0.25, -0.2) is 4.68 Å². The van der Waals surface area contributed by atoms with Crippen molar-refractivity contribution in [2.24, 2.45) is 7.05 Å². The number of H-pyrrole nitrogens is 1. The molecule has 1 N–H and O–H groups in total. The number of fused-ring (bicyclic) bond motifs is 1. The zero-order valence-corrected chi connectivity index (χ0v) is 13.2. The molecule has 0 saturated heterocycles. The highest BCUT2D eigenvalue weighted by molar-refractivity contribution is 5.94. The number of aromatic nitrogens is 5. The molecule has 0 spiro atoms. The summed E-state index contributed by atoms with van der Waals surface area (Å²) < 4.78 is 8.07. The van der Waals surface area contributed by atoms with Gasteiger partial charge in [-0.05, 0) is 19.9 Å². The predicted molar refractivity (Wildman–Crippen MR) is 83.9 cm³/mol. The van der Waals surface area contributed by atoms with Crippen LogP contribution in [-0.4, -0.2) is 37.1 Å². The molecule has 0 unspecified atom stereocenters. The summed E-state index contributed by atoms with van der Waals surface area (Å²) in [6.45, 7) is 3.81. The van der Waals surface area contributed by atoms with Gasteiger partial charge in [-0.1, -0.05) is 0 Å². The van der Waals surface area contributed by atoms with E-state index >= 15 is 0 Å². The van der Waals surface area contributed by atoms with Crippen LogP contribution in [0.15, 0.2) is 23.1 Å². The lowest BCUT2D eigenvalue weighted by atomic mass is 10.1. The third-order valence-electron chi connectivity index (χ3n) is 3.49. The Morgan fingerprint density at radius 1 is 1.39 bits per heavy atom. The molecule has 0 amide bonds. The summed E-state index contributed by atoms with van der Waals surface area (Å²) in [7, 11) is 1.81. The number of aromatic amines is 1. The highest BCUT2D eigenvalue weighted by atomic mass is 16.5. The van der Waals surface area contributed by atoms with Crippen LogP contribution in [-0.2, 0) is 23.1 Å². The Morgan fingerprint density at radius 2 is 2.17 bits per heavy atom. The maximum Gasteiger partial charge on any atom is 0.327 e. The van der Waals surface area contributed by atoms with E-state index in [1.54, 1.807) is 17.8 Å². The summed E-state index contributed by atoms with van der Waals surface area (Å²) in [5.41, 5.74) is 2.30. The first-order chi connectivity index (χ1) is 11.0. The molecule has 120 valence electrons. The van der Waals surface area contributed by atoms with E-state index in [0.717, 1.165) is 5.39 Å². The fourth-order valence-corrected chi connectivity index (χ4v) is 2.59. The molecule has 3 heterocycles. The standard InChI is InChI=1S/C15H17N5O3/c1-4-23-13(22)8-20-15-14(9(2)17-20)10(7-12(21)16-15)11-5-6-19(3)18-11/h5-7H,4,8H2,1-3H3,(H,16,21). The van der Waals surface area contributed by atoms with Crippen LogP contribution < -0.4 is 5.56 Å². The molecule has 0 atom stereocenters. The van der Waals surface area contributed by atoms with E-state index in [-0.39, 0.29) is 12.1 Å². The molecule has 0 aliphatic rings. The van der Waals surface area contributed by atoms with Gasteiger partial charge in [0.25, 0.3) is 0 Å². The lowest BCUT2D eigenvalue weighted by Gasteiger charge is -2.04. The second-order valence-electron chi connectivity index (χ2n) is 5.19. The Morgan fingerprint density at radius 3 is 2.83 bits per heavy atom. The van der Waals surface area contributed by atoms with Gasteiger partial charge in [-0.3, -0.25) is 14.3 Å². The third-order valence-corrected chi connectivity index (χ3v) is 3.49. The average molecular weight is 315 g/mol. The first kappa shape index (κ1) is 15.0. The summed E-state index contributed by atoms with van der Waals surface area (Å²) in [5.74, 6) is -0.402. The molecule has 0 radical (unpaired) electrons. The van der Waals surface area contributed by atoms with Gasteiger partial charge in [0.15, 0.2) is 0 Å². The first-order valence-electron chi connectivity index (χ1n) is 7.25. The molecule has 0 fully saturated rings. The number of aryl methyl sites for hydroxylation is 2. The number of carbonyl (C=O) groups is 1. The van der Waals surface area contributed by atoms with E-state index in [1.165, 1.54) is 10.7 Å². The quantitative estimate of drug-likeness (QED) is 0.725. The van der Waals surface area contributed by atoms with Crippen molar-refractivity contribution in [2.75, 3.05) is 6.61 Å². The summed E-state index contributed by atoms with van der Waals surface area (Å²) in [5, 5.41) is 9.48. The molecule has 0 bridgehead atoms. The van der Waals surface area contributed by atoms with Crippen molar-refractivity contribution in [3.63, 3.8) is 0 Å². The minimum absolute atomic E-state index is 0.0558. The molecule has 0 aromatic carbocycles. The lowest BCUT2D eigenvalue weighted by molar-refractivity contribution is -0.143. The summed E-state index contributed by atoms with van der Waals surface area (Å²) in [6, 6.07) is 3.32. The van der Waals surface area contributed by atoms with Crippen molar-refractivity contribution in [1.82, 2.24) is 24.5 Å². The van der Waals surface area contributed by atoms with E-state index in [2.05, 4.69) is 15.2 Å². The molecule has 3 aromatic heterocycles. The fraction of sp³-hybridized carbons (Fsp3) is 0.333. The van der Waals surface area contributed by atoms with Crippen molar-refractivity contribution < 1.29 is 9.53 Å². The smallest absolute Gasteiger partial charge is 0.327 e. The molecular weight excluding hydrogens is 298 g/mol. The van der Waals surface area contributed by atoms with Crippen molar-refractivity contribution in [3.05, 3.63) is 34.4 Å². The van der Waals surface area contributed by atoms with E-state index in [1.807, 2.05) is 20.0 Å². The van der Waals surface area contributed by atoms with Gasteiger partial charge in [0.05, 0.1) is 18.0 Å². The fourth-order valence-electron chi connectivity index (χ4n) is 2.59. The van der Waals surface area contributed by atoms with Crippen molar-refractivity contribution in [2.45, 2.75) is 20.4 Å². The zero-order valence-electron chi connectivity index (χ0n) is 13.2. The van der Waals surface area contributed by atoms with E-state index in [0.29, 0.717) is 29.2 Å². The van der Waals surface area contributed by atoms with Crippen LogP contribution in [0, 0.1) is 6.92 Å². The monoisotopic (exact) mass is 315 g/mol. The number of carbonyl (C=O) groups excluding carboxylic acids is 1. The highest BCUT2D eigenvalue weighted by Gasteiger charge is 2.17. The molecule has 0 saturated carbocycles. The summed E-state index contributed by atoms with van der Waals surface area (Å²) in [6.07, 6.45) is 1.81. The number of pyridine rings is 1. The molecule has 8 nitrogen and oxygen atoms in total. The van der Waals surface area contributed by atoms with Crippen molar-refractivity contribution in [1.29, 1.82) is 0 Å². The minimum Gasteiger partial charge on any atom is -0.465 e. The van der Waals surface area contributed by atoms with Crippen LogP contribution in [0.25, 0.3) is 22.3 Å². The second kappa shape index (κ2) is 5.71. The highest BCUT2D eigenvalue weighted by Crippen LogP contribution is 2.27. The topological polar surface area (TPSA) is 94.8 Å². The van der Waals surface area contributed by atoms with Crippen molar-refractivity contribution >= 4 is 17.0 Å². The van der Waals surface area contributed by atoms with Gasteiger partial charge < -0.3 is 9.72 Å². The molecule has 0 aliphatic carbocycles. The third kappa shape index (κ3) is 2.75. The second-order valence-corrected chi connectivity index (χ2v) is 5.19. The van der Waals surface area contributed by atoms with E-state index < -0.39 is 5.97 Å². The molecule has 3 rings (SSSR count). The van der Waals surface area contributed by atoms with E-state index in [9.17, 15) is 9.59 Å². The number of nitrogens with one attached hydrogen (secondary N) is 1. The maximum absolute atomic E-state index is 12.0. The molecule has 3 aromatic rings. The number of hydrogen-bond donors (Lipinski definition) is 1. The van der Waals surface area contributed by atoms with Gasteiger partial charge in [0.2, 0.25) is 5.56 Å². The number of ether oxygens (including phenoxy) is 1. The minimum atomic E-state index is -0.402. The van der Waals surface area contributed by atoms with Gasteiger partial charge in [-0.2, -0.15) is 10.2 Å². The Kier molecular flexibility index (Phi) is 3.73. The number of hydrogen-bond acceptors (Lipinski definition) is 5. The number of nitrogens with zero attached hydrogens (tertiary/aromatic N) is 4. The Hall–Kier alpha value is -2.90. The van der Waals surface area contributed by atoms with Crippen LogP contribution in [0.2, 0.25) is 0 Å². The maximum atomic E-state index is 12.0. The largest absolute Gasteiger partial charge is 0.465 e. The Balaban J connectivity index is 2.18. The summed E-state index contributed by atoms with van der Waals surface area (Å²) >= 11 is 0. The van der Waals surface area contributed by atoms with Gasteiger partial charge >= 0.3 is 5.97 Å². The van der Waals surface area contributed by atoms with Crippen LogP contribution >= 0.6 is 0 Å². The Labute approximate surface area is 131 Å². The molecular formula is C15H17N5O3. The van der Waals surface area contributed by atoms with Crippen LogP contribution in [0.3, 0.4) is 0 Å². The van der Waals surface area contributed by atoms with Crippen LogP contribution in [0.5, 0.6) is 0 Å². The zero-order chi connectivity index (χ0) is 16.6. The molecule has 23 heavy (non-hydrogen) atoms. The van der Waals surface area contributed by atoms with E-state index in [4.69, 9.17) is 4.74 Å². The lowest BCUT2D eigenvalue weighted by Crippen LogP contribution is -2.16. The molecule has 0 aliphatic heterocycles. The molecule has 8 heteroatoms. The van der Waals surface area contributed by atoms with Gasteiger partial charge in [0, 0.05) is 30.3 Å². The number of rotatable bonds is 4. The van der Waals surface area contributed by atoms with Crippen molar-refractivity contribution in [3.8, 4) is 11.3 Å². The Bertz CT molecular complexity index is 934.